The molecule has 2 heterocycles. The second-order valence-corrected chi connectivity index (χ2v) is 6.22. The van der Waals surface area contributed by atoms with Crippen molar-refractivity contribution in [2.45, 2.75) is 25.3 Å². The Labute approximate surface area is 132 Å². The van der Waals surface area contributed by atoms with Crippen LogP contribution in [0.2, 0.25) is 0 Å². The van der Waals surface area contributed by atoms with Crippen LogP contribution in [0.5, 0.6) is 11.5 Å². The molecule has 1 aromatic rings. The lowest BCUT2D eigenvalue weighted by Gasteiger charge is -2.35. The summed E-state index contributed by atoms with van der Waals surface area (Å²) in [5, 5.41) is 0. The SMILES string of the molecule is NCC1CCCCN1C(=O)c1cc(Br)c2c(c1)OCCO2. The molecule has 0 saturated carbocycles. The maximum atomic E-state index is 12.8. The van der Waals surface area contributed by atoms with Crippen molar-refractivity contribution in [2.75, 3.05) is 26.3 Å². The van der Waals surface area contributed by atoms with Gasteiger partial charge < -0.3 is 20.1 Å². The first-order valence-electron chi connectivity index (χ1n) is 7.31. The van der Waals surface area contributed by atoms with Crippen LogP contribution in [0.25, 0.3) is 0 Å². The molecule has 1 aromatic carbocycles. The van der Waals surface area contributed by atoms with Crippen molar-refractivity contribution in [2.24, 2.45) is 5.73 Å². The van der Waals surface area contributed by atoms with Crippen LogP contribution in [0.3, 0.4) is 0 Å². The molecule has 0 radical (unpaired) electrons. The van der Waals surface area contributed by atoms with Crippen LogP contribution < -0.4 is 15.2 Å². The van der Waals surface area contributed by atoms with E-state index < -0.39 is 0 Å². The largest absolute Gasteiger partial charge is 0.486 e. The van der Waals surface area contributed by atoms with Crippen molar-refractivity contribution in [3.63, 3.8) is 0 Å². The fourth-order valence-corrected chi connectivity index (χ4v) is 3.47. The Morgan fingerprint density at radius 2 is 2.14 bits per heavy atom. The van der Waals surface area contributed by atoms with E-state index in [-0.39, 0.29) is 11.9 Å². The number of likely N-dealkylation sites (tertiary alicyclic amines) is 1. The van der Waals surface area contributed by atoms with E-state index in [4.69, 9.17) is 15.2 Å². The predicted octanol–water partition coefficient (Wildman–Crippen LogP) is 2.17. The Morgan fingerprint density at radius 1 is 1.33 bits per heavy atom. The molecule has 2 aliphatic rings. The molecular formula is C15H19BrN2O3. The normalized spacial score (nSPS) is 21.2. The Balaban J connectivity index is 1.89. The van der Waals surface area contributed by atoms with Crippen LogP contribution >= 0.6 is 15.9 Å². The lowest BCUT2D eigenvalue weighted by molar-refractivity contribution is 0.0622. The van der Waals surface area contributed by atoms with Gasteiger partial charge in [-0.15, -0.1) is 0 Å². The molecule has 1 unspecified atom stereocenters. The fraction of sp³-hybridized carbons (Fsp3) is 0.533. The number of hydrogen-bond acceptors (Lipinski definition) is 4. The average molecular weight is 355 g/mol. The van der Waals surface area contributed by atoms with Crippen LogP contribution in [0.1, 0.15) is 29.6 Å². The minimum Gasteiger partial charge on any atom is -0.486 e. The first-order chi connectivity index (χ1) is 10.2. The van der Waals surface area contributed by atoms with Gasteiger partial charge in [0.25, 0.3) is 5.91 Å². The van der Waals surface area contributed by atoms with Gasteiger partial charge in [-0.2, -0.15) is 0 Å². The molecule has 2 aliphatic heterocycles. The summed E-state index contributed by atoms with van der Waals surface area (Å²) in [6, 6.07) is 3.71. The van der Waals surface area contributed by atoms with Gasteiger partial charge in [0, 0.05) is 24.7 Å². The van der Waals surface area contributed by atoms with Gasteiger partial charge in [0.1, 0.15) is 13.2 Å². The van der Waals surface area contributed by atoms with Crippen LogP contribution in [0.4, 0.5) is 0 Å². The number of benzene rings is 1. The van der Waals surface area contributed by atoms with Gasteiger partial charge in [-0.25, -0.2) is 0 Å². The second-order valence-electron chi connectivity index (χ2n) is 5.37. The van der Waals surface area contributed by atoms with Gasteiger partial charge >= 0.3 is 0 Å². The van der Waals surface area contributed by atoms with Gasteiger partial charge in [-0.3, -0.25) is 4.79 Å². The Kier molecular flexibility index (Phi) is 4.35. The molecule has 21 heavy (non-hydrogen) atoms. The van der Waals surface area contributed by atoms with Crippen molar-refractivity contribution in [1.82, 2.24) is 4.90 Å². The summed E-state index contributed by atoms with van der Waals surface area (Å²) in [4.78, 5) is 14.7. The maximum Gasteiger partial charge on any atom is 0.254 e. The fourth-order valence-electron chi connectivity index (χ4n) is 2.91. The molecule has 5 nitrogen and oxygen atoms in total. The molecule has 3 rings (SSSR count). The number of carbonyl (C=O) groups excluding carboxylic acids is 1. The van der Waals surface area contributed by atoms with Gasteiger partial charge in [-0.1, -0.05) is 0 Å². The summed E-state index contributed by atoms with van der Waals surface area (Å²) in [6.45, 7) is 2.32. The van der Waals surface area contributed by atoms with E-state index in [1.165, 1.54) is 0 Å². The van der Waals surface area contributed by atoms with Gasteiger partial charge in [0.2, 0.25) is 0 Å². The van der Waals surface area contributed by atoms with E-state index in [9.17, 15) is 4.79 Å². The number of ether oxygens (including phenoxy) is 2. The molecule has 1 saturated heterocycles. The highest BCUT2D eigenvalue weighted by Gasteiger charge is 2.28. The van der Waals surface area contributed by atoms with E-state index >= 15 is 0 Å². The minimum absolute atomic E-state index is 0.0165. The summed E-state index contributed by atoms with van der Waals surface area (Å²) in [5.41, 5.74) is 6.42. The molecule has 1 amide bonds. The molecule has 0 spiro atoms. The summed E-state index contributed by atoms with van der Waals surface area (Å²) < 4.78 is 11.9. The number of hydrogen-bond donors (Lipinski definition) is 1. The highest BCUT2D eigenvalue weighted by Crippen LogP contribution is 2.39. The maximum absolute atomic E-state index is 12.8. The molecule has 0 aromatic heterocycles. The van der Waals surface area contributed by atoms with E-state index in [0.717, 1.165) is 30.3 Å². The van der Waals surface area contributed by atoms with Crippen molar-refractivity contribution >= 4 is 21.8 Å². The van der Waals surface area contributed by atoms with Gasteiger partial charge in [0.15, 0.2) is 11.5 Å². The first kappa shape index (κ1) is 14.7. The van der Waals surface area contributed by atoms with Crippen molar-refractivity contribution in [3.8, 4) is 11.5 Å². The topological polar surface area (TPSA) is 64.8 Å². The Hall–Kier alpha value is -1.27. The molecule has 0 bridgehead atoms. The smallest absolute Gasteiger partial charge is 0.254 e. The number of piperidine rings is 1. The number of nitrogens with two attached hydrogens (primary N) is 1. The van der Waals surface area contributed by atoms with Crippen LogP contribution in [0, 0.1) is 0 Å². The molecule has 1 atom stereocenters. The molecule has 6 heteroatoms. The van der Waals surface area contributed by atoms with Crippen molar-refractivity contribution in [3.05, 3.63) is 22.2 Å². The molecule has 2 N–H and O–H groups in total. The zero-order valence-electron chi connectivity index (χ0n) is 11.8. The number of carbonyl (C=O) groups is 1. The van der Waals surface area contributed by atoms with Crippen molar-refractivity contribution < 1.29 is 14.3 Å². The Morgan fingerprint density at radius 3 is 2.95 bits per heavy atom. The molecular weight excluding hydrogens is 336 g/mol. The number of halogens is 1. The summed E-state index contributed by atoms with van der Waals surface area (Å²) >= 11 is 3.46. The second kappa shape index (κ2) is 6.23. The summed E-state index contributed by atoms with van der Waals surface area (Å²) in [6.07, 6.45) is 3.15. The summed E-state index contributed by atoms with van der Waals surface area (Å²) in [7, 11) is 0. The standard InChI is InChI=1S/C15H19BrN2O3/c16-12-7-10(8-13-14(12)21-6-5-20-13)15(19)18-4-2-1-3-11(18)9-17/h7-8,11H,1-6,9,17H2. The number of amides is 1. The summed E-state index contributed by atoms with van der Waals surface area (Å²) in [5.74, 6) is 1.31. The molecule has 1 fully saturated rings. The average Bonchev–Trinajstić information content (AvgIpc) is 2.54. The third-order valence-electron chi connectivity index (χ3n) is 4.00. The lowest BCUT2D eigenvalue weighted by Crippen LogP contribution is -2.47. The van der Waals surface area contributed by atoms with E-state index in [1.54, 1.807) is 12.1 Å². The number of fused-ring (bicyclic) bond motifs is 1. The minimum atomic E-state index is 0.0165. The zero-order valence-corrected chi connectivity index (χ0v) is 13.4. The van der Waals surface area contributed by atoms with E-state index in [2.05, 4.69) is 15.9 Å². The zero-order chi connectivity index (χ0) is 14.8. The van der Waals surface area contributed by atoms with Crippen LogP contribution in [-0.4, -0.2) is 43.2 Å². The highest BCUT2D eigenvalue weighted by atomic mass is 79.9. The van der Waals surface area contributed by atoms with Crippen LogP contribution in [0.15, 0.2) is 16.6 Å². The van der Waals surface area contributed by atoms with Gasteiger partial charge in [-0.05, 0) is 47.3 Å². The lowest BCUT2D eigenvalue weighted by atomic mass is 10.0. The third kappa shape index (κ3) is 2.87. The van der Waals surface area contributed by atoms with E-state index in [1.807, 2.05) is 4.90 Å². The highest BCUT2D eigenvalue weighted by molar-refractivity contribution is 9.10. The van der Waals surface area contributed by atoms with Crippen molar-refractivity contribution in [1.29, 1.82) is 0 Å². The van der Waals surface area contributed by atoms with Gasteiger partial charge in [0.05, 0.1) is 4.47 Å². The molecule has 114 valence electrons. The predicted molar refractivity (Wildman–Crippen MR) is 82.9 cm³/mol. The van der Waals surface area contributed by atoms with E-state index in [0.29, 0.717) is 36.8 Å². The first-order valence-corrected chi connectivity index (χ1v) is 8.10. The quantitative estimate of drug-likeness (QED) is 0.883. The number of nitrogens with zero attached hydrogens (tertiary/aromatic N) is 1. The monoisotopic (exact) mass is 354 g/mol. The number of rotatable bonds is 2. The molecule has 0 aliphatic carbocycles. The third-order valence-corrected chi connectivity index (χ3v) is 4.59. The van der Waals surface area contributed by atoms with Crippen LogP contribution in [-0.2, 0) is 0 Å². The Bertz CT molecular complexity index is 550.